The monoisotopic (exact) mass is 307 g/mol. The number of ether oxygens (including phenoxy) is 1. The van der Waals surface area contributed by atoms with Crippen molar-refractivity contribution in [2.75, 3.05) is 12.4 Å². The van der Waals surface area contributed by atoms with Gasteiger partial charge in [0.15, 0.2) is 0 Å². The predicted octanol–water partition coefficient (Wildman–Crippen LogP) is 2.20. The highest BCUT2D eigenvalue weighted by molar-refractivity contribution is 5.99. The van der Waals surface area contributed by atoms with Gasteiger partial charge in [0, 0.05) is 5.69 Å². The number of carbonyl (C=O) groups is 2. The van der Waals surface area contributed by atoms with E-state index in [0.717, 1.165) is 5.56 Å². The summed E-state index contributed by atoms with van der Waals surface area (Å²) < 4.78 is 4.66. The molecule has 7 heteroatoms. The summed E-state index contributed by atoms with van der Waals surface area (Å²) in [5.41, 5.74) is 1.77. The normalized spacial score (nSPS) is 12.7. The number of amides is 2. The zero-order valence-electron chi connectivity index (χ0n) is 13.1. The standard InChI is InChI=1S/C15H21N3O4/c1-9(2)13(14(19)22-4)17-15(20)16-12-7-5-11(6-8-12)10(3)18-21/h5-9,13,21H,1-4H3,(H2,16,17,20)/b18-10+. The van der Waals surface area contributed by atoms with E-state index < -0.39 is 18.0 Å². The number of benzene rings is 1. The van der Waals surface area contributed by atoms with Crippen LogP contribution >= 0.6 is 0 Å². The number of urea groups is 1. The second-order valence-electron chi connectivity index (χ2n) is 5.11. The molecule has 120 valence electrons. The molecular formula is C15H21N3O4. The number of anilines is 1. The van der Waals surface area contributed by atoms with Crippen LogP contribution in [0.5, 0.6) is 0 Å². The fourth-order valence-corrected chi connectivity index (χ4v) is 1.79. The fourth-order valence-electron chi connectivity index (χ4n) is 1.79. The number of nitrogens with zero attached hydrogens (tertiary/aromatic N) is 1. The molecule has 1 aromatic rings. The summed E-state index contributed by atoms with van der Waals surface area (Å²) in [5, 5.41) is 17.0. The SMILES string of the molecule is COC(=O)C(NC(=O)Nc1ccc(/C(C)=N/O)cc1)C(C)C. The molecule has 0 aliphatic rings. The third-order valence-electron chi connectivity index (χ3n) is 3.12. The maximum atomic E-state index is 11.9. The highest BCUT2D eigenvalue weighted by Gasteiger charge is 2.24. The summed E-state index contributed by atoms with van der Waals surface area (Å²) in [6.07, 6.45) is 0. The van der Waals surface area contributed by atoms with Gasteiger partial charge in [-0.25, -0.2) is 9.59 Å². The maximum Gasteiger partial charge on any atom is 0.328 e. The van der Waals surface area contributed by atoms with Gasteiger partial charge < -0.3 is 20.6 Å². The summed E-state index contributed by atoms with van der Waals surface area (Å²) in [4.78, 5) is 23.5. The Hall–Kier alpha value is -2.57. The first-order chi connectivity index (χ1) is 10.4. The van der Waals surface area contributed by atoms with Crippen LogP contribution in [0.2, 0.25) is 0 Å². The maximum absolute atomic E-state index is 11.9. The average molecular weight is 307 g/mol. The molecule has 3 N–H and O–H groups in total. The summed E-state index contributed by atoms with van der Waals surface area (Å²) in [6, 6.07) is 5.56. The van der Waals surface area contributed by atoms with Gasteiger partial charge in [-0.3, -0.25) is 0 Å². The van der Waals surface area contributed by atoms with Crippen molar-refractivity contribution in [2.45, 2.75) is 26.8 Å². The number of hydrogen-bond donors (Lipinski definition) is 3. The number of hydrogen-bond acceptors (Lipinski definition) is 5. The minimum absolute atomic E-state index is 0.0935. The number of esters is 1. The Bertz CT molecular complexity index is 552. The summed E-state index contributed by atoms with van der Waals surface area (Å²) >= 11 is 0. The molecule has 7 nitrogen and oxygen atoms in total. The van der Waals surface area contributed by atoms with E-state index in [2.05, 4.69) is 20.5 Å². The molecule has 1 rings (SSSR count). The zero-order valence-corrected chi connectivity index (χ0v) is 13.1. The van der Waals surface area contributed by atoms with E-state index in [4.69, 9.17) is 5.21 Å². The number of rotatable bonds is 5. The first-order valence-corrected chi connectivity index (χ1v) is 6.83. The van der Waals surface area contributed by atoms with E-state index in [9.17, 15) is 9.59 Å². The molecule has 0 aromatic heterocycles. The Balaban J connectivity index is 2.70. The van der Waals surface area contributed by atoms with Crippen LogP contribution in [0.4, 0.5) is 10.5 Å². The van der Waals surface area contributed by atoms with E-state index in [0.29, 0.717) is 11.4 Å². The van der Waals surface area contributed by atoms with E-state index >= 15 is 0 Å². The smallest absolute Gasteiger partial charge is 0.328 e. The number of nitrogens with one attached hydrogen (secondary N) is 2. The van der Waals surface area contributed by atoms with Crippen molar-refractivity contribution in [1.29, 1.82) is 0 Å². The molecule has 0 radical (unpaired) electrons. The van der Waals surface area contributed by atoms with Crippen molar-refractivity contribution in [3.8, 4) is 0 Å². The van der Waals surface area contributed by atoms with Crippen LogP contribution in [-0.4, -0.2) is 36.1 Å². The second-order valence-corrected chi connectivity index (χ2v) is 5.11. The molecule has 2 amide bonds. The Morgan fingerprint density at radius 3 is 2.27 bits per heavy atom. The predicted molar refractivity (Wildman–Crippen MR) is 83.2 cm³/mol. The Morgan fingerprint density at radius 2 is 1.82 bits per heavy atom. The van der Waals surface area contributed by atoms with Crippen LogP contribution in [0.25, 0.3) is 0 Å². The molecular weight excluding hydrogens is 286 g/mol. The van der Waals surface area contributed by atoms with Crippen LogP contribution in [-0.2, 0) is 9.53 Å². The Labute approximate surface area is 129 Å². The molecule has 0 fully saturated rings. The van der Waals surface area contributed by atoms with Gasteiger partial charge in [0.05, 0.1) is 12.8 Å². The third-order valence-corrected chi connectivity index (χ3v) is 3.12. The molecule has 1 unspecified atom stereocenters. The second kappa shape index (κ2) is 8.02. The number of methoxy groups -OCH3 is 1. The quantitative estimate of drug-likeness (QED) is 0.336. The number of carbonyl (C=O) groups excluding carboxylic acids is 2. The van der Waals surface area contributed by atoms with Gasteiger partial charge in [0.25, 0.3) is 0 Å². The molecule has 1 aromatic carbocycles. The molecule has 0 aliphatic carbocycles. The highest BCUT2D eigenvalue weighted by Crippen LogP contribution is 2.11. The molecule has 0 saturated heterocycles. The number of oxime groups is 1. The van der Waals surface area contributed by atoms with Crippen molar-refractivity contribution in [2.24, 2.45) is 11.1 Å². The first kappa shape index (κ1) is 17.5. The van der Waals surface area contributed by atoms with Crippen molar-refractivity contribution >= 4 is 23.4 Å². The first-order valence-electron chi connectivity index (χ1n) is 6.83. The zero-order chi connectivity index (χ0) is 16.7. The average Bonchev–Trinajstić information content (AvgIpc) is 2.51. The lowest BCUT2D eigenvalue weighted by Gasteiger charge is -2.20. The van der Waals surface area contributed by atoms with Crippen LogP contribution in [0.15, 0.2) is 29.4 Å². The van der Waals surface area contributed by atoms with Gasteiger partial charge in [0.2, 0.25) is 0 Å². The minimum Gasteiger partial charge on any atom is -0.467 e. The van der Waals surface area contributed by atoms with Gasteiger partial charge in [-0.05, 0) is 30.5 Å². The largest absolute Gasteiger partial charge is 0.467 e. The van der Waals surface area contributed by atoms with E-state index in [1.54, 1.807) is 31.2 Å². The van der Waals surface area contributed by atoms with Gasteiger partial charge in [-0.1, -0.05) is 31.1 Å². The van der Waals surface area contributed by atoms with Gasteiger partial charge >= 0.3 is 12.0 Å². The molecule has 0 bridgehead atoms. The van der Waals surface area contributed by atoms with Crippen LogP contribution in [0.3, 0.4) is 0 Å². The third kappa shape index (κ3) is 4.76. The van der Waals surface area contributed by atoms with Crippen molar-refractivity contribution in [1.82, 2.24) is 5.32 Å². The summed E-state index contributed by atoms with van der Waals surface area (Å²) in [7, 11) is 1.28. The van der Waals surface area contributed by atoms with E-state index in [-0.39, 0.29) is 5.92 Å². The Kier molecular flexibility index (Phi) is 6.37. The van der Waals surface area contributed by atoms with E-state index in [1.165, 1.54) is 7.11 Å². The lowest BCUT2D eigenvalue weighted by molar-refractivity contribution is -0.143. The van der Waals surface area contributed by atoms with Crippen LogP contribution in [0, 0.1) is 5.92 Å². The molecule has 0 saturated carbocycles. The molecule has 0 aliphatic heterocycles. The highest BCUT2D eigenvalue weighted by atomic mass is 16.5. The lowest BCUT2D eigenvalue weighted by atomic mass is 10.1. The van der Waals surface area contributed by atoms with Gasteiger partial charge in [-0.15, -0.1) is 0 Å². The van der Waals surface area contributed by atoms with Crippen molar-refractivity contribution < 1.29 is 19.5 Å². The van der Waals surface area contributed by atoms with Gasteiger partial charge in [-0.2, -0.15) is 0 Å². The molecule has 1 atom stereocenters. The lowest BCUT2D eigenvalue weighted by Crippen LogP contribution is -2.46. The fraction of sp³-hybridized carbons (Fsp3) is 0.400. The van der Waals surface area contributed by atoms with Crippen LogP contribution in [0.1, 0.15) is 26.3 Å². The minimum atomic E-state index is -0.715. The Morgan fingerprint density at radius 1 is 1.23 bits per heavy atom. The molecule has 22 heavy (non-hydrogen) atoms. The topological polar surface area (TPSA) is 100 Å². The summed E-state index contributed by atoms with van der Waals surface area (Å²) in [6.45, 7) is 5.29. The van der Waals surface area contributed by atoms with Crippen molar-refractivity contribution in [3.63, 3.8) is 0 Å². The molecule has 0 heterocycles. The van der Waals surface area contributed by atoms with E-state index in [1.807, 2.05) is 13.8 Å². The summed E-state index contributed by atoms with van der Waals surface area (Å²) in [5.74, 6) is -0.584. The van der Waals surface area contributed by atoms with Crippen LogP contribution < -0.4 is 10.6 Å². The molecule has 0 spiro atoms. The van der Waals surface area contributed by atoms with Gasteiger partial charge in [0.1, 0.15) is 6.04 Å². The van der Waals surface area contributed by atoms with Crippen molar-refractivity contribution in [3.05, 3.63) is 29.8 Å².